The van der Waals surface area contributed by atoms with Gasteiger partial charge in [0.25, 0.3) is 0 Å². The van der Waals surface area contributed by atoms with Crippen molar-refractivity contribution in [2.24, 2.45) is 10.8 Å². The third kappa shape index (κ3) is 3.18. The highest BCUT2D eigenvalue weighted by Gasteiger charge is 2.31. The van der Waals surface area contributed by atoms with Crippen LogP contribution in [0.3, 0.4) is 0 Å². The van der Waals surface area contributed by atoms with Crippen LogP contribution in [0.25, 0.3) is 0 Å². The molecule has 0 spiro atoms. The van der Waals surface area contributed by atoms with Gasteiger partial charge in [-0.2, -0.15) is 11.3 Å². The monoisotopic (exact) mass is 286 g/mol. The zero-order valence-corrected chi connectivity index (χ0v) is 12.0. The maximum absolute atomic E-state index is 5.70. The van der Waals surface area contributed by atoms with Gasteiger partial charge in [-0.15, -0.1) is 0 Å². The van der Waals surface area contributed by atoms with Crippen LogP contribution in [-0.4, -0.2) is 16.9 Å². The molecule has 1 aliphatic rings. The van der Waals surface area contributed by atoms with Gasteiger partial charge in [0.1, 0.15) is 0 Å². The van der Waals surface area contributed by atoms with E-state index in [1.165, 1.54) is 18.4 Å². The molecular formula is C15H18N4S. The first kappa shape index (κ1) is 13.1. The van der Waals surface area contributed by atoms with E-state index < -0.39 is 0 Å². The third-order valence-corrected chi connectivity index (χ3v) is 4.05. The number of thiophene rings is 1. The van der Waals surface area contributed by atoms with Gasteiger partial charge < -0.3 is 4.90 Å². The topological polar surface area (TPSA) is 53.6 Å². The average molecular weight is 286 g/mol. The Morgan fingerprint density at radius 2 is 2.10 bits per heavy atom. The van der Waals surface area contributed by atoms with Gasteiger partial charge in [0.05, 0.1) is 5.69 Å². The van der Waals surface area contributed by atoms with Crippen LogP contribution in [0.1, 0.15) is 18.4 Å². The Morgan fingerprint density at radius 3 is 2.70 bits per heavy atom. The van der Waals surface area contributed by atoms with Crippen molar-refractivity contribution in [1.82, 2.24) is 10.3 Å². The molecule has 1 aromatic carbocycles. The number of hydrogen-bond donors (Lipinski definition) is 2. The number of guanidine groups is 1. The second-order valence-electron chi connectivity index (χ2n) is 4.91. The normalized spacial score (nSPS) is 15.2. The zero-order valence-electron chi connectivity index (χ0n) is 11.2. The first-order valence-corrected chi connectivity index (χ1v) is 7.69. The summed E-state index contributed by atoms with van der Waals surface area (Å²) in [6.45, 7) is 0.851. The van der Waals surface area contributed by atoms with Gasteiger partial charge in [-0.25, -0.2) is 10.8 Å². The summed E-state index contributed by atoms with van der Waals surface area (Å²) in [5.41, 5.74) is 4.98. The van der Waals surface area contributed by atoms with Crippen molar-refractivity contribution in [3.63, 3.8) is 0 Å². The number of aliphatic imine (C=N–C) groups is 1. The van der Waals surface area contributed by atoms with Crippen molar-refractivity contribution in [1.29, 1.82) is 0 Å². The summed E-state index contributed by atoms with van der Waals surface area (Å²) in [4.78, 5) is 6.89. The lowest BCUT2D eigenvalue weighted by molar-refractivity contribution is 0.389. The van der Waals surface area contributed by atoms with Gasteiger partial charge in [-0.3, -0.25) is 5.43 Å². The Labute approximate surface area is 122 Å². The van der Waals surface area contributed by atoms with Crippen LogP contribution in [0, 0.1) is 0 Å². The first-order chi connectivity index (χ1) is 9.86. The number of hydrazine groups is 1. The highest BCUT2D eigenvalue weighted by molar-refractivity contribution is 7.07. The summed E-state index contributed by atoms with van der Waals surface area (Å²) in [6, 6.07) is 12.6. The first-order valence-electron chi connectivity index (χ1n) is 6.75. The molecule has 2 aromatic rings. The van der Waals surface area contributed by atoms with Crippen LogP contribution in [-0.2, 0) is 6.54 Å². The van der Waals surface area contributed by atoms with Gasteiger partial charge in [0, 0.05) is 12.6 Å². The van der Waals surface area contributed by atoms with Crippen LogP contribution in [0.15, 0.2) is 52.2 Å². The highest BCUT2D eigenvalue weighted by Crippen LogP contribution is 2.29. The smallest absolute Gasteiger partial charge is 0.214 e. The maximum atomic E-state index is 5.70. The van der Waals surface area contributed by atoms with Gasteiger partial charge in [-0.05, 0) is 47.4 Å². The molecule has 1 saturated carbocycles. The van der Waals surface area contributed by atoms with Crippen molar-refractivity contribution in [3.05, 3.63) is 52.7 Å². The van der Waals surface area contributed by atoms with Crippen LogP contribution < -0.4 is 11.3 Å². The van der Waals surface area contributed by atoms with Crippen LogP contribution in [0.2, 0.25) is 0 Å². The number of rotatable bonds is 4. The molecule has 3 rings (SSSR count). The minimum Gasteiger partial charge on any atom is -0.334 e. The molecule has 1 aliphatic carbocycles. The number of nitrogens with two attached hydrogens (primary N) is 1. The summed E-state index contributed by atoms with van der Waals surface area (Å²) in [5.74, 6) is 6.44. The SMILES string of the molecule is NNC(=Nc1ccccc1)N(Cc1ccsc1)C1CC1. The molecular weight excluding hydrogens is 268 g/mol. The van der Waals surface area contributed by atoms with E-state index in [0.29, 0.717) is 6.04 Å². The Hall–Kier alpha value is -1.85. The largest absolute Gasteiger partial charge is 0.334 e. The Balaban J connectivity index is 1.82. The van der Waals surface area contributed by atoms with Gasteiger partial charge >= 0.3 is 0 Å². The molecule has 5 heteroatoms. The summed E-state index contributed by atoms with van der Waals surface area (Å²) in [5, 5.41) is 4.27. The molecule has 3 N–H and O–H groups in total. The summed E-state index contributed by atoms with van der Waals surface area (Å²) < 4.78 is 0. The van der Waals surface area contributed by atoms with Crippen molar-refractivity contribution in [2.45, 2.75) is 25.4 Å². The van der Waals surface area contributed by atoms with Crippen LogP contribution in [0.4, 0.5) is 5.69 Å². The van der Waals surface area contributed by atoms with E-state index >= 15 is 0 Å². The molecule has 0 saturated heterocycles. The summed E-state index contributed by atoms with van der Waals surface area (Å²) in [6.07, 6.45) is 2.42. The fraction of sp³-hybridized carbons (Fsp3) is 0.267. The maximum Gasteiger partial charge on any atom is 0.214 e. The Morgan fingerprint density at radius 1 is 1.30 bits per heavy atom. The molecule has 4 nitrogen and oxygen atoms in total. The van der Waals surface area contributed by atoms with E-state index in [-0.39, 0.29) is 0 Å². The lowest BCUT2D eigenvalue weighted by Crippen LogP contribution is -2.45. The van der Waals surface area contributed by atoms with E-state index in [1.54, 1.807) is 11.3 Å². The van der Waals surface area contributed by atoms with Crippen molar-refractivity contribution >= 4 is 23.0 Å². The third-order valence-electron chi connectivity index (χ3n) is 3.31. The molecule has 0 aliphatic heterocycles. The molecule has 0 radical (unpaired) electrons. The zero-order chi connectivity index (χ0) is 13.8. The van der Waals surface area contributed by atoms with Gasteiger partial charge in [0.2, 0.25) is 5.96 Å². The molecule has 0 amide bonds. The minimum absolute atomic E-state index is 0.549. The summed E-state index contributed by atoms with van der Waals surface area (Å²) in [7, 11) is 0. The molecule has 0 unspecified atom stereocenters. The number of para-hydroxylation sites is 1. The van der Waals surface area contributed by atoms with Gasteiger partial charge in [0.15, 0.2) is 0 Å². The van der Waals surface area contributed by atoms with E-state index in [9.17, 15) is 0 Å². The number of hydrogen-bond acceptors (Lipinski definition) is 3. The molecule has 1 heterocycles. The molecule has 1 aromatic heterocycles. The fourth-order valence-corrected chi connectivity index (χ4v) is 2.81. The lowest BCUT2D eigenvalue weighted by Gasteiger charge is -2.25. The fourth-order valence-electron chi connectivity index (χ4n) is 2.15. The van der Waals surface area contributed by atoms with Crippen LogP contribution in [0.5, 0.6) is 0 Å². The predicted octanol–water partition coefficient (Wildman–Crippen LogP) is 2.86. The lowest BCUT2D eigenvalue weighted by atomic mass is 10.3. The molecule has 20 heavy (non-hydrogen) atoms. The Kier molecular flexibility index (Phi) is 3.99. The molecule has 104 valence electrons. The average Bonchev–Trinajstić information content (AvgIpc) is 3.20. The van der Waals surface area contributed by atoms with Crippen LogP contribution >= 0.6 is 11.3 Å². The standard InChI is InChI=1S/C15H18N4S/c16-18-15(17-13-4-2-1-3-5-13)19(14-6-7-14)10-12-8-9-20-11-12/h1-5,8-9,11,14H,6-7,10,16H2,(H,17,18). The quantitative estimate of drug-likeness (QED) is 0.393. The number of nitrogens with zero attached hydrogens (tertiary/aromatic N) is 2. The van der Waals surface area contributed by atoms with Crippen molar-refractivity contribution in [3.8, 4) is 0 Å². The second-order valence-corrected chi connectivity index (χ2v) is 5.69. The van der Waals surface area contributed by atoms with E-state index in [1.807, 2.05) is 30.3 Å². The van der Waals surface area contributed by atoms with E-state index in [0.717, 1.165) is 18.2 Å². The second kappa shape index (κ2) is 6.07. The van der Waals surface area contributed by atoms with Gasteiger partial charge in [-0.1, -0.05) is 18.2 Å². The predicted molar refractivity (Wildman–Crippen MR) is 83.7 cm³/mol. The summed E-state index contributed by atoms with van der Waals surface area (Å²) >= 11 is 1.72. The van der Waals surface area contributed by atoms with E-state index in [2.05, 4.69) is 32.1 Å². The minimum atomic E-state index is 0.549. The van der Waals surface area contributed by atoms with Crippen molar-refractivity contribution in [2.75, 3.05) is 0 Å². The highest BCUT2D eigenvalue weighted by atomic mass is 32.1. The molecule has 0 atom stereocenters. The Bertz CT molecular complexity index is 561. The number of benzene rings is 1. The number of nitrogens with one attached hydrogen (secondary N) is 1. The van der Waals surface area contributed by atoms with E-state index in [4.69, 9.17) is 5.84 Å². The molecule has 1 fully saturated rings. The van der Waals surface area contributed by atoms with Crippen molar-refractivity contribution < 1.29 is 0 Å². The molecule has 0 bridgehead atoms.